The Hall–Kier alpha value is -1.53. The predicted octanol–water partition coefficient (Wildman–Crippen LogP) is 3.34. The van der Waals surface area contributed by atoms with Crippen LogP contribution >= 0.6 is 0 Å². The molecule has 0 aromatic carbocycles. The van der Waals surface area contributed by atoms with Gasteiger partial charge < -0.3 is 10.2 Å². The third-order valence-corrected chi connectivity index (χ3v) is 2.78. The Bertz CT molecular complexity index is 458. The fourth-order valence-electron chi connectivity index (χ4n) is 1.83. The van der Waals surface area contributed by atoms with Crippen molar-refractivity contribution in [1.82, 2.24) is 9.97 Å². The van der Waals surface area contributed by atoms with Crippen LogP contribution in [0.2, 0.25) is 0 Å². The topological polar surface area (TPSA) is 41.1 Å². The number of hydrogen-bond acceptors (Lipinski definition) is 4. The molecular weight excluding hydrogens is 269 g/mol. The summed E-state index contributed by atoms with van der Waals surface area (Å²) < 4.78 is 37.6. The first-order valence-electron chi connectivity index (χ1n) is 6.56. The van der Waals surface area contributed by atoms with E-state index in [0.717, 1.165) is 4.90 Å². The van der Waals surface area contributed by atoms with Gasteiger partial charge >= 0.3 is 6.18 Å². The summed E-state index contributed by atoms with van der Waals surface area (Å²) in [6.45, 7) is 7.08. The second-order valence-electron chi connectivity index (χ2n) is 5.04. The van der Waals surface area contributed by atoms with E-state index in [-0.39, 0.29) is 5.92 Å². The van der Waals surface area contributed by atoms with Gasteiger partial charge in [-0.1, -0.05) is 13.8 Å². The summed E-state index contributed by atoms with van der Waals surface area (Å²) >= 11 is 0. The van der Waals surface area contributed by atoms with E-state index in [0.29, 0.717) is 29.6 Å². The summed E-state index contributed by atoms with van der Waals surface area (Å²) in [6.07, 6.45) is -4.26. The SMILES string of the molecule is CCNc1nc(C(C)C)nc(N(C)CC(F)(F)F)c1C. The maximum atomic E-state index is 12.5. The van der Waals surface area contributed by atoms with Crippen LogP contribution in [0.3, 0.4) is 0 Å². The van der Waals surface area contributed by atoms with Crippen molar-refractivity contribution < 1.29 is 13.2 Å². The molecule has 0 aliphatic carbocycles. The van der Waals surface area contributed by atoms with Crippen molar-refractivity contribution >= 4 is 11.6 Å². The summed E-state index contributed by atoms with van der Waals surface area (Å²) in [5.41, 5.74) is 0.628. The fraction of sp³-hybridized carbons (Fsp3) is 0.692. The van der Waals surface area contributed by atoms with Gasteiger partial charge in [0.25, 0.3) is 0 Å². The van der Waals surface area contributed by atoms with E-state index in [9.17, 15) is 13.2 Å². The summed E-state index contributed by atoms with van der Waals surface area (Å²) in [5, 5.41) is 3.07. The van der Waals surface area contributed by atoms with Crippen LogP contribution in [-0.2, 0) is 0 Å². The molecule has 1 N–H and O–H groups in total. The molecule has 0 radical (unpaired) electrons. The highest BCUT2D eigenvalue weighted by Crippen LogP contribution is 2.27. The van der Waals surface area contributed by atoms with Gasteiger partial charge in [-0.15, -0.1) is 0 Å². The van der Waals surface area contributed by atoms with Crippen molar-refractivity contribution in [1.29, 1.82) is 0 Å². The van der Waals surface area contributed by atoms with Crippen molar-refractivity contribution in [2.24, 2.45) is 0 Å². The molecular formula is C13H21F3N4. The first-order chi connectivity index (χ1) is 9.15. The van der Waals surface area contributed by atoms with E-state index in [2.05, 4.69) is 15.3 Å². The third-order valence-electron chi connectivity index (χ3n) is 2.78. The van der Waals surface area contributed by atoms with Crippen molar-refractivity contribution in [3.63, 3.8) is 0 Å². The minimum atomic E-state index is -4.26. The quantitative estimate of drug-likeness (QED) is 0.903. The molecule has 1 rings (SSSR count). The number of nitrogens with one attached hydrogen (secondary N) is 1. The monoisotopic (exact) mass is 290 g/mol. The van der Waals surface area contributed by atoms with Gasteiger partial charge in [-0.2, -0.15) is 13.2 Å². The van der Waals surface area contributed by atoms with Crippen molar-refractivity contribution in [3.05, 3.63) is 11.4 Å². The number of hydrogen-bond donors (Lipinski definition) is 1. The zero-order chi connectivity index (χ0) is 15.5. The van der Waals surface area contributed by atoms with Gasteiger partial charge in [0.1, 0.15) is 24.0 Å². The molecule has 0 amide bonds. The molecule has 1 aromatic rings. The predicted molar refractivity (Wildman–Crippen MR) is 74.3 cm³/mol. The Morgan fingerprint density at radius 3 is 2.30 bits per heavy atom. The normalized spacial score (nSPS) is 11.8. The standard InChI is InChI=1S/C13H21F3N4/c1-6-17-11-9(4)12(19-10(18-11)8(2)3)20(5)7-13(14,15)16/h8H,6-7H2,1-5H3,(H,17,18,19). The second kappa shape index (κ2) is 6.28. The summed E-state index contributed by atoms with van der Waals surface area (Å²) in [4.78, 5) is 9.76. The van der Waals surface area contributed by atoms with Crippen LogP contribution in [0, 0.1) is 6.92 Å². The molecule has 0 fully saturated rings. The first-order valence-corrected chi connectivity index (χ1v) is 6.56. The lowest BCUT2D eigenvalue weighted by Crippen LogP contribution is -2.32. The molecule has 0 spiro atoms. The Morgan fingerprint density at radius 2 is 1.85 bits per heavy atom. The largest absolute Gasteiger partial charge is 0.405 e. The van der Waals surface area contributed by atoms with E-state index in [1.807, 2.05) is 20.8 Å². The maximum absolute atomic E-state index is 12.5. The van der Waals surface area contributed by atoms with Crippen LogP contribution in [0.5, 0.6) is 0 Å². The van der Waals surface area contributed by atoms with Gasteiger partial charge in [0, 0.05) is 25.1 Å². The molecule has 0 saturated heterocycles. The number of aromatic nitrogens is 2. The second-order valence-corrected chi connectivity index (χ2v) is 5.04. The van der Waals surface area contributed by atoms with Crippen LogP contribution in [0.1, 0.15) is 38.1 Å². The Morgan fingerprint density at radius 1 is 1.25 bits per heavy atom. The molecule has 7 heteroatoms. The summed E-state index contributed by atoms with van der Waals surface area (Å²) in [6, 6.07) is 0. The Labute approximate surface area is 117 Å². The highest BCUT2D eigenvalue weighted by Gasteiger charge is 2.31. The highest BCUT2D eigenvalue weighted by atomic mass is 19.4. The molecule has 1 heterocycles. The zero-order valence-corrected chi connectivity index (χ0v) is 12.5. The summed E-state index contributed by atoms with van der Waals surface area (Å²) in [7, 11) is 1.39. The lowest BCUT2D eigenvalue weighted by molar-refractivity contribution is -0.119. The summed E-state index contributed by atoms with van der Waals surface area (Å²) in [5.74, 6) is 1.49. The Balaban J connectivity index is 3.22. The minimum Gasteiger partial charge on any atom is -0.370 e. The van der Waals surface area contributed by atoms with Crippen LogP contribution in [0.4, 0.5) is 24.8 Å². The highest BCUT2D eigenvalue weighted by molar-refractivity contribution is 5.58. The molecule has 0 unspecified atom stereocenters. The molecule has 0 atom stereocenters. The van der Waals surface area contributed by atoms with E-state index in [1.54, 1.807) is 6.92 Å². The molecule has 20 heavy (non-hydrogen) atoms. The van der Waals surface area contributed by atoms with Crippen molar-refractivity contribution in [2.45, 2.75) is 39.8 Å². The van der Waals surface area contributed by atoms with Crippen LogP contribution in [0.25, 0.3) is 0 Å². The number of anilines is 2. The van der Waals surface area contributed by atoms with Gasteiger partial charge in [-0.05, 0) is 13.8 Å². The number of nitrogens with zero attached hydrogens (tertiary/aromatic N) is 3. The van der Waals surface area contributed by atoms with E-state index in [4.69, 9.17) is 0 Å². The van der Waals surface area contributed by atoms with Crippen molar-refractivity contribution in [3.8, 4) is 0 Å². The molecule has 0 aliphatic heterocycles. The molecule has 0 saturated carbocycles. The van der Waals surface area contributed by atoms with Gasteiger partial charge in [-0.25, -0.2) is 9.97 Å². The maximum Gasteiger partial charge on any atom is 0.405 e. The lowest BCUT2D eigenvalue weighted by atomic mass is 10.2. The van der Waals surface area contributed by atoms with Crippen LogP contribution in [-0.4, -0.2) is 36.3 Å². The molecule has 4 nitrogen and oxygen atoms in total. The van der Waals surface area contributed by atoms with Gasteiger partial charge in [0.05, 0.1) is 0 Å². The smallest absolute Gasteiger partial charge is 0.370 e. The van der Waals surface area contributed by atoms with Gasteiger partial charge in [0.15, 0.2) is 0 Å². The Kier molecular flexibility index (Phi) is 5.19. The minimum absolute atomic E-state index is 0.0473. The molecule has 0 bridgehead atoms. The number of alkyl halides is 3. The van der Waals surface area contributed by atoms with Crippen LogP contribution in [0.15, 0.2) is 0 Å². The molecule has 114 valence electrons. The average molecular weight is 290 g/mol. The zero-order valence-electron chi connectivity index (χ0n) is 12.5. The van der Waals surface area contributed by atoms with E-state index in [1.165, 1.54) is 7.05 Å². The lowest BCUT2D eigenvalue weighted by Gasteiger charge is -2.24. The van der Waals surface area contributed by atoms with Gasteiger partial charge in [-0.3, -0.25) is 0 Å². The van der Waals surface area contributed by atoms with E-state index >= 15 is 0 Å². The third kappa shape index (κ3) is 4.25. The molecule has 1 aromatic heterocycles. The number of rotatable bonds is 5. The first kappa shape index (κ1) is 16.5. The fourth-order valence-corrected chi connectivity index (χ4v) is 1.83. The van der Waals surface area contributed by atoms with Crippen molar-refractivity contribution in [2.75, 3.05) is 30.4 Å². The van der Waals surface area contributed by atoms with E-state index < -0.39 is 12.7 Å². The van der Waals surface area contributed by atoms with Gasteiger partial charge in [0.2, 0.25) is 0 Å². The van der Waals surface area contributed by atoms with Crippen LogP contribution < -0.4 is 10.2 Å². The molecule has 0 aliphatic rings. The average Bonchev–Trinajstić information content (AvgIpc) is 2.29. The number of halogens is 3.